The highest BCUT2D eigenvalue weighted by Gasteiger charge is 2.24. The van der Waals surface area contributed by atoms with Gasteiger partial charge >= 0.3 is 7.60 Å². The summed E-state index contributed by atoms with van der Waals surface area (Å²) in [6.45, 7) is 6.40. The Balaban J connectivity index is 4.08. The van der Waals surface area contributed by atoms with Crippen LogP contribution in [0.4, 0.5) is 0 Å². The second kappa shape index (κ2) is 6.14. The topological polar surface area (TPSA) is 35.5 Å². The molecule has 0 fully saturated rings. The van der Waals surface area contributed by atoms with Crippen molar-refractivity contribution in [1.29, 1.82) is 0 Å². The van der Waals surface area contributed by atoms with Crippen molar-refractivity contribution >= 4 is 23.5 Å². The lowest BCUT2D eigenvalue weighted by molar-refractivity contribution is 0.220. The molecule has 5 heteroatoms. The SMILES string of the molecule is CCOP(=O)(CC(C)Br)OCC. The van der Waals surface area contributed by atoms with Crippen LogP contribution in [-0.4, -0.2) is 24.2 Å². The van der Waals surface area contributed by atoms with E-state index < -0.39 is 7.60 Å². The molecule has 0 aromatic heterocycles. The molecule has 1 atom stereocenters. The summed E-state index contributed by atoms with van der Waals surface area (Å²) >= 11 is 3.32. The molecule has 0 spiro atoms. The molecule has 74 valence electrons. The van der Waals surface area contributed by atoms with E-state index >= 15 is 0 Å². The van der Waals surface area contributed by atoms with Crippen molar-refractivity contribution in [2.45, 2.75) is 25.6 Å². The molecule has 0 aromatic rings. The molecule has 0 rings (SSSR count). The molecule has 0 heterocycles. The third-order valence-corrected chi connectivity index (χ3v) is 4.25. The molecule has 0 saturated carbocycles. The van der Waals surface area contributed by atoms with Crippen molar-refractivity contribution in [3.8, 4) is 0 Å². The van der Waals surface area contributed by atoms with Gasteiger partial charge in [-0.05, 0) is 13.8 Å². The molecule has 0 amide bonds. The molecule has 0 bridgehead atoms. The molecule has 3 nitrogen and oxygen atoms in total. The Labute approximate surface area is 82.5 Å². The summed E-state index contributed by atoms with van der Waals surface area (Å²) in [6, 6.07) is 0. The number of hydrogen-bond acceptors (Lipinski definition) is 3. The summed E-state index contributed by atoms with van der Waals surface area (Å²) in [5, 5.41) is 0. The van der Waals surface area contributed by atoms with Gasteiger partial charge < -0.3 is 9.05 Å². The van der Waals surface area contributed by atoms with Crippen LogP contribution in [0, 0.1) is 0 Å². The average molecular weight is 259 g/mol. The van der Waals surface area contributed by atoms with Crippen molar-refractivity contribution in [2.24, 2.45) is 0 Å². The van der Waals surface area contributed by atoms with E-state index in [9.17, 15) is 4.57 Å². The van der Waals surface area contributed by atoms with Crippen LogP contribution in [0.2, 0.25) is 0 Å². The minimum absolute atomic E-state index is 0.154. The number of alkyl halides is 1. The van der Waals surface area contributed by atoms with E-state index in [1.54, 1.807) is 0 Å². The van der Waals surface area contributed by atoms with Gasteiger partial charge in [0.25, 0.3) is 0 Å². The van der Waals surface area contributed by atoms with E-state index in [2.05, 4.69) is 15.9 Å². The Bertz CT molecular complexity index is 151. The van der Waals surface area contributed by atoms with Gasteiger partial charge in [-0.2, -0.15) is 0 Å². The first-order valence-electron chi connectivity index (χ1n) is 4.06. The zero-order valence-electron chi connectivity index (χ0n) is 7.75. The maximum Gasteiger partial charge on any atom is 0.331 e. The highest BCUT2D eigenvalue weighted by atomic mass is 79.9. The fourth-order valence-electron chi connectivity index (χ4n) is 0.844. The van der Waals surface area contributed by atoms with Crippen LogP contribution < -0.4 is 0 Å². The lowest BCUT2D eigenvalue weighted by atomic mass is 10.6. The molecule has 0 aliphatic heterocycles. The normalized spacial score (nSPS) is 14.7. The zero-order valence-corrected chi connectivity index (χ0v) is 10.2. The smallest absolute Gasteiger partial charge is 0.309 e. The lowest BCUT2D eigenvalue weighted by Crippen LogP contribution is -2.06. The van der Waals surface area contributed by atoms with Gasteiger partial charge in [0.1, 0.15) is 0 Å². The van der Waals surface area contributed by atoms with Crippen LogP contribution in [0.3, 0.4) is 0 Å². The third kappa shape index (κ3) is 5.31. The van der Waals surface area contributed by atoms with E-state index in [0.29, 0.717) is 19.4 Å². The van der Waals surface area contributed by atoms with Crippen molar-refractivity contribution in [1.82, 2.24) is 0 Å². The Morgan fingerprint density at radius 2 is 1.75 bits per heavy atom. The Morgan fingerprint density at radius 3 is 2.00 bits per heavy atom. The molecule has 1 unspecified atom stereocenters. The zero-order chi connectivity index (χ0) is 9.61. The highest BCUT2D eigenvalue weighted by molar-refractivity contribution is 9.09. The highest BCUT2D eigenvalue weighted by Crippen LogP contribution is 2.49. The molecule has 0 aromatic carbocycles. The average Bonchev–Trinajstić information content (AvgIpc) is 1.85. The van der Waals surface area contributed by atoms with Crippen LogP contribution in [0.5, 0.6) is 0 Å². The van der Waals surface area contributed by atoms with Crippen molar-refractivity contribution in [2.75, 3.05) is 19.4 Å². The standard InChI is InChI=1S/C7H16BrO3P/c1-4-10-12(9,11-5-2)6-7(3)8/h7H,4-6H2,1-3H3. The third-order valence-electron chi connectivity index (χ3n) is 1.13. The second-order valence-corrected chi connectivity index (χ2v) is 6.08. The first-order valence-corrected chi connectivity index (χ1v) is 6.70. The van der Waals surface area contributed by atoms with Gasteiger partial charge in [-0.15, -0.1) is 0 Å². The quantitative estimate of drug-likeness (QED) is 0.543. The monoisotopic (exact) mass is 258 g/mol. The fraction of sp³-hybridized carbons (Fsp3) is 1.00. The van der Waals surface area contributed by atoms with Gasteiger partial charge in [-0.1, -0.05) is 22.9 Å². The molecular formula is C7H16BrO3P. The van der Waals surface area contributed by atoms with Crippen LogP contribution >= 0.6 is 23.5 Å². The summed E-state index contributed by atoms with van der Waals surface area (Å²) in [6.07, 6.45) is 0.425. The molecule has 0 saturated heterocycles. The number of hydrogen-bond donors (Lipinski definition) is 0. The molecule has 12 heavy (non-hydrogen) atoms. The van der Waals surface area contributed by atoms with Crippen molar-refractivity contribution in [3.05, 3.63) is 0 Å². The predicted octanol–water partition coefficient (Wildman–Crippen LogP) is 3.04. The van der Waals surface area contributed by atoms with Gasteiger partial charge in [-0.25, -0.2) is 0 Å². The molecule has 0 aliphatic rings. The molecule has 0 aliphatic carbocycles. The van der Waals surface area contributed by atoms with Gasteiger partial charge in [0.05, 0.1) is 19.4 Å². The first-order chi connectivity index (χ1) is 5.54. The predicted molar refractivity (Wildman–Crippen MR) is 54.1 cm³/mol. The summed E-state index contributed by atoms with van der Waals surface area (Å²) in [4.78, 5) is 0.154. The van der Waals surface area contributed by atoms with E-state index in [1.165, 1.54) is 0 Å². The van der Waals surface area contributed by atoms with Gasteiger partial charge in [0.2, 0.25) is 0 Å². The molecule has 0 radical (unpaired) electrons. The van der Waals surface area contributed by atoms with Crippen LogP contribution in [0.25, 0.3) is 0 Å². The Hall–Kier alpha value is 0.630. The van der Waals surface area contributed by atoms with E-state index in [0.717, 1.165) is 0 Å². The summed E-state index contributed by atoms with van der Waals surface area (Å²) in [5.41, 5.74) is 0. The van der Waals surface area contributed by atoms with Crippen LogP contribution in [0.1, 0.15) is 20.8 Å². The maximum atomic E-state index is 11.7. The van der Waals surface area contributed by atoms with Crippen LogP contribution in [0.15, 0.2) is 0 Å². The molecular weight excluding hydrogens is 243 g/mol. The largest absolute Gasteiger partial charge is 0.331 e. The number of rotatable bonds is 6. The van der Waals surface area contributed by atoms with E-state index in [4.69, 9.17) is 9.05 Å². The Morgan fingerprint density at radius 1 is 1.33 bits per heavy atom. The minimum atomic E-state index is -2.82. The second-order valence-electron chi connectivity index (χ2n) is 2.41. The van der Waals surface area contributed by atoms with E-state index in [1.807, 2.05) is 20.8 Å². The number of halogens is 1. The van der Waals surface area contributed by atoms with Gasteiger partial charge in [0.15, 0.2) is 0 Å². The van der Waals surface area contributed by atoms with Crippen LogP contribution in [-0.2, 0) is 13.6 Å². The van der Waals surface area contributed by atoms with Gasteiger partial charge in [0, 0.05) is 4.83 Å². The molecule has 0 N–H and O–H groups in total. The first kappa shape index (κ1) is 12.6. The summed E-state index contributed by atoms with van der Waals surface area (Å²) in [5.74, 6) is 0. The van der Waals surface area contributed by atoms with Gasteiger partial charge in [-0.3, -0.25) is 4.57 Å². The summed E-state index contributed by atoms with van der Waals surface area (Å²) in [7, 11) is -2.82. The fourth-order valence-corrected chi connectivity index (χ4v) is 3.60. The van der Waals surface area contributed by atoms with E-state index in [-0.39, 0.29) is 4.83 Å². The summed E-state index contributed by atoms with van der Waals surface area (Å²) < 4.78 is 21.9. The maximum absolute atomic E-state index is 11.7. The van der Waals surface area contributed by atoms with Crippen molar-refractivity contribution in [3.63, 3.8) is 0 Å². The van der Waals surface area contributed by atoms with Crippen molar-refractivity contribution < 1.29 is 13.6 Å². The lowest BCUT2D eigenvalue weighted by Gasteiger charge is -2.17. The Kier molecular flexibility index (Phi) is 6.46. The minimum Gasteiger partial charge on any atom is -0.309 e.